The number of allylic oxidation sites excluding steroid dienone is 12. The molecule has 0 aliphatic carbocycles. The molecule has 0 bridgehead atoms. The van der Waals surface area contributed by atoms with E-state index in [9.17, 15) is 34.5 Å². The summed E-state index contributed by atoms with van der Waals surface area (Å²) in [5.41, 5.74) is 0. The van der Waals surface area contributed by atoms with Gasteiger partial charge in [-0.3, -0.25) is 14.4 Å². The third-order valence-electron chi connectivity index (χ3n) is 14.8. The van der Waals surface area contributed by atoms with E-state index in [0.717, 1.165) is 70.6 Å². The molecule has 0 aromatic rings. The molecule has 466 valence electrons. The monoisotopic (exact) mass is 1140 g/mol. The molecule has 0 aromatic heterocycles. The number of aliphatic hydroxyl groups excluding tert-OH is 2. The number of aliphatic hydroxyl groups is 2. The summed E-state index contributed by atoms with van der Waals surface area (Å²) in [6.45, 7) is 5.89. The van der Waals surface area contributed by atoms with Crippen LogP contribution < -0.4 is 0 Å². The number of carboxylic acid groups (broad SMARTS) is 1. The first-order valence-electron chi connectivity index (χ1n) is 32.9. The quantitative estimate of drug-likeness (QED) is 0.0228. The standard InChI is InChI=1S/C69H118O12/c1-4-7-10-13-16-19-22-25-27-29-31-33-35-38-40-43-46-49-52-55-61(70)77-58-60(79-62(71)56-53-50-47-44-41-37-24-21-18-15-12-9-6-3)59-78-69-67(65(74)64(73)66(81-69)68(75)76)80-63(72)57-54-51-48-45-42-39-36-34-32-30-28-26-23-20-17-14-11-8-5-2/h8,11,17,20,26,28,32,34,39,42,48,51,60,64-67,69,73-74H,4-7,9-10,12-16,18-19,21-25,27,29-31,33,35-38,40-41,43-47,49-50,52-59H2,1-3H3,(H,75,76)/b11-8-,20-17-,28-26-,34-32-,42-39-,51-48-. The van der Waals surface area contributed by atoms with Gasteiger partial charge in [0.1, 0.15) is 18.8 Å². The highest BCUT2D eigenvalue weighted by molar-refractivity contribution is 5.74. The average Bonchev–Trinajstić information content (AvgIpc) is 3.54. The van der Waals surface area contributed by atoms with E-state index in [0.29, 0.717) is 25.7 Å². The van der Waals surface area contributed by atoms with Gasteiger partial charge in [0.15, 0.2) is 24.6 Å². The zero-order chi connectivity index (χ0) is 58.9. The fourth-order valence-electron chi connectivity index (χ4n) is 9.81. The SMILES string of the molecule is CC/C=C\C/C=C\C/C=C\C/C=C\C/C=C\C/C=C\CCC(=O)OC1C(OCC(COC(=O)CCCCCCCCCCCCCCCCCCCCC)OC(=O)CCCCCCCCCCCCCCC)OC(C(=O)O)C(O)C1O. The van der Waals surface area contributed by atoms with Crippen molar-refractivity contribution in [3.05, 3.63) is 72.9 Å². The first kappa shape index (κ1) is 75.2. The molecule has 12 heteroatoms. The van der Waals surface area contributed by atoms with Crippen molar-refractivity contribution in [2.24, 2.45) is 0 Å². The Morgan fingerprint density at radius 2 is 0.778 bits per heavy atom. The summed E-state index contributed by atoms with van der Waals surface area (Å²) in [5.74, 6) is -3.21. The lowest BCUT2D eigenvalue weighted by molar-refractivity contribution is -0.301. The number of rotatable bonds is 56. The molecule has 0 spiro atoms. The predicted octanol–water partition coefficient (Wildman–Crippen LogP) is 17.7. The summed E-state index contributed by atoms with van der Waals surface area (Å²) >= 11 is 0. The van der Waals surface area contributed by atoms with Crippen LogP contribution in [0.25, 0.3) is 0 Å². The first-order chi connectivity index (χ1) is 39.6. The second-order valence-electron chi connectivity index (χ2n) is 22.4. The number of carbonyl (C=O) groups is 4. The topological polar surface area (TPSA) is 175 Å². The van der Waals surface area contributed by atoms with Crippen LogP contribution in [0.4, 0.5) is 0 Å². The highest BCUT2D eigenvalue weighted by atomic mass is 16.7. The van der Waals surface area contributed by atoms with Crippen LogP contribution in [0.3, 0.4) is 0 Å². The Hall–Kier alpha value is -3.84. The Balaban J connectivity index is 2.67. The fraction of sp³-hybridized carbons (Fsp3) is 0.768. The van der Waals surface area contributed by atoms with E-state index >= 15 is 0 Å². The van der Waals surface area contributed by atoms with E-state index in [1.165, 1.54) is 154 Å². The Morgan fingerprint density at radius 1 is 0.420 bits per heavy atom. The van der Waals surface area contributed by atoms with Gasteiger partial charge >= 0.3 is 23.9 Å². The highest BCUT2D eigenvalue weighted by Gasteiger charge is 2.50. The fourth-order valence-corrected chi connectivity index (χ4v) is 9.81. The van der Waals surface area contributed by atoms with Crippen LogP contribution in [-0.2, 0) is 42.9 Å². The van der Waals surface area contributed by atoms with Crippen molar-refractivity contribution >= 4 is 23.9 Å². The number of hydrogen-bond donors (Lipinski definition) is 3. The van der Waals surface area contributed by atoms with Crippen LogP contribution in [0, 0.1) is 0 Å². The zero-order valence-electron chi connectivity index (χ0n) is 51.5. The first-order valence-corrected chi connectivity index (χ1v) is 32.9. The van der Waals surface area contributed by atoms with E-state index in [1.807, 2.05) is 18.2 Å². The number of hydrogen-bond acceptors (Lipinski definition) is 11. The van der Waals surface area contributed by atoms with Crippen LogP contribution in [0.1, 0.15) is 290 Å². The molecule has 1 rings (SSSR count). The molecule has 1 fully saturated rings. The summed E-state index contributed by atoms with van der Waals surface area (Å²) in [7, 11) is 0. The molecule has 0 aromatic carbocycles. The maximum absolute atomic E-state index is 13.2. The normalized spacial score (nSPS) is 18.2. The van der Waals surface area contributed by atoms with Crippen LogP contribution >= 0.6 is 0 Å². The van der Waals surface area contributed by atoms with E-state index in [2.05, 4.69) is 75.5 Å². The lowest BCUT2D eigenvalue weighted by Crippen LogP contribution is -2.61. The molecule has 0 amide bonds. The number of unbranched alkanes of at least 4 members (excludes halogenated alkanes) is 30. The predicted molar refractivity (Wildman–Crippen MR) is 331 cm³/mol. The minimum absolute atomic E-state index is 0.0640. The Kier molecular flexibility index (Phi) is 52.6. The molecule has 3 N–H and O–H groups in total. The summed E-state index contributed by atoms with van der Waals surface area (Å²) in [4.78, 5) is 51.3. The second kappa shape index (κ2) is 56.6. The van der Waals surface area contributed by atoms with E-state index in [1.54, 1.807) is 0 Å². The van der Waals surface area contributed by atoms with Gasteiger partial charge in [0.05, 0.1) is 6.61 Å². The van der Waals surface area contributed by atoms with Crippen LogP contribution in [-0.4, -0.2) is 89.2 Å². The van der Waals surface area contributed by atoms with Crippen molar-refractivity contribution in [3.63, 3.8) is 0 Å². The minimum Gasteiger partial charge on any atom is -0.479 e. The van der Waals surface area contributed by atoms with Crippen molar-refractivity contribution in [1.82, 2.24) is 0 Å². The van der Waals surface area contributed by atoms with Gasteiger partial charge in [-0.2, -0.15) is 0 Å². The molecule has 0 saturated carbocycles. The van der Waals surface area contributed by atoms with Gasteiger partial charge < -0.3 is 39.0 Å². The minimum atomic E-state index is -1.93. The van der Waals surface area contributed by atoms with Gasteiger partial charge in [-0.1, -0.05) is 286 Å². The van der Waals surface area contributed by atoms with Crippen molar-refractivity contribution < 1.29 is 58.2 Å². The van der Waals surface area contributed by atoms with Crippen LogP contribution in [0.5, 0.6) is 0 Å². The van der Waals surface area contributed by atoms with Gasteiger partial charge in [-0.25, -0.2) is 4.79 Å². The number of ether oxygens (including phenoxy) is 5. The summed E-state index contributed by atoms with van der Waals surface area (Å²) in [6.07, 6.45) is 60.2. The van der Waals surface area contributed by atoms with Crippen molar-refractivity contribution in [2.75, 3.05) is 13.2 Å². The van der Waals surface area contributed by atoms with Crippen LogP contribution in [0.15, 0.2) is 72.9 Å². The van der Waals surface area contributed by atoms with Gasteiger partial charge in [-0.05, 0) is 57.8 Å². The molecular weight excluding hydrogens is 1020 g/mol. The molecule has 12 nitrogen and oxygen atoms in total. The maximum Gasteiger partial charge on any atom is 0.335 e. The van der Waals surface area contributed by atoms with Gasteiger partial charge in [0.2, 0.25) is 0 Å². The largest absolute Gasteiger partial charge is 0.479 e. The number of aliphatic carboxylic acids is 1. The summed E-state index contributed by atoms with van der Waals surface area (Å²) in [6, 6.07) is 0. The molecule has 1 aliphatic heterocycles. The Bertz CT molecular complexity index is 1680. The molecule has 1 aliphatic rings. The van der Waals surface area contributed by atoms with Gasteiger partial charge in [0, 0.05) is 19.3 Å². The number of esters is 3. The Labute approximate surface area is 493 Å². The smallest absolute Gasteiger partial charge is 0.335 e. The average molecular weight is 1140 g/mol. The molecule has 1 saturated heterocycles. The van der Waals surface area contributed by atoms with Crippen molar-refractivity contribution in [1.29, 1.82) is 0 Å². The molecule has 81 heavy (non-hydrogen) atoms. The van der Waals surface area contributed by atoms with Crippen molar-refractivity contribution in [3.8, 4) is 0 Å². The van der Waals surface area contributed by atoms with Gasteiger partial charge in [0.25, 0.3) is 0 Å². The molecule has 6 unspecified atom stereocenters. The molecule has 0 radical (unpaired) electrons. The zero-order valence-corrected chi connectivity index (χ0v) is 51.5. The molecule has 1 heterocycles. The maximum atomic E-state index is 13.2. The van der Waals surface area contributed by atoms with Gasteiger partial charge in [-0.15, -0.1) is 0 Å². The van der Waals surface area contributed by atoms with Crippen molar-refractivity contribution in [2.45, 2.75) is 327 Å². The third-order valence-corrected chi connectivity index (χ3v) is 14.8. The molecular formula is C69H118O12. The molecule has 6 atom stereocenters. The summed E-state index contributed by atoms with van der Waals surface area (Å²) < 4.78 is 28.5. The van der Waals surface area contributed by atoms with E-state index < -0.39 is 67.3 Å². The van der Waals surface area contributed by atoms with Crippen LogP contribution in [0.2, 0.25) is 0 Å². The summed E-state index contributed by atoms with van der Waals surface area (Å²) in [5, 5.41) is 31.6. The number of carbonyl (C=O) groups excluding carboxylic acids is 3. The highest BCUT2D eigenvalue weighted by Crippen LogP contribution is 2.26. The van der Waals surface area contributed by atoms with E-state index in [-0.39, 0.29) is 25.9 Å². The van der Waals surface area contributed by atoms with E-state index in [4.69, 9.17) is 23.7 Å². The third kappa shape index (κ3) is 46.3. The Morgan fingerprint density at radius 3 is 1.16 bits per heavy atom. The lowest BCUT2D eigenvalue weighted by Gasteiger charge is -2.40. The number of carboxylic acids is 1. The second-order valence-corrected chi connectivity index (χ2v) is 22.4. The lowest BCUT2D eigenvalue weighted by atomic mass is 9.98.